The van der Waals surface area contributed by atoms with E-state index in [4.69, 9.17) is 23.4 Å². The van der Waals surface area contributed by atoms with E-state index in [-0.39, 0.29) is 34.5 Å². The molecule has 0 saturated carbocycles. The predicted molar refractivity (Wildman–Crippen MR) is 140 cm³/mol. The van der Waals surface area contributed by atoms with Gasteiger partial charge in [-0.15, -0.1) is 0 Å². The number of ether oxygens (including phenoxy) is 2. The van der Waals surface area contributed by atoms with E-state index in [1.165, 1.54) is 6.08 Å². The Labute approximate surface area is 204 Å². The van der Waals surface area contributed by atoms with Crippen LogP contribution in [0.2, 0.25) is 36.3 Å². The van der Waals surface area contributed by atoms with Crippen molar-refractivity contribution in [1.82, 2.24) is 0 Å². The summed E-state index contributed by atoms with van der Waals surface area (Å²) in [4.78, 5) is 10.7. The van der Waals surface area contributed by atoms with Crippen LogP contribution >= 0.6 is 0 Å². The van der Waals surface area contributed by atoms with Crippen LogP contribution in [0.5, 0.6) is 0 Å². The Balaban J connectivity index is 3.02. The highest BCUT2D eigenvalue weighted by molar-refractivity contribution is 6.74. The van der Waals surface area contributed by atoms with E-state index in [0.717, 1.165) is 6.42 Å². The summed E-state index contributed by atoms with van der Waals surface area (Å²) in [6.07, 6.45) is 4.07. The molecule has 0 aromatic rings. The van der Waals surface area contributed by atoms with Gasteiger partial charge in [0.05, 0.1) is 24.4 Å². The molecule has 8 heteroatoms. The smallest absolute Gasteiger partial charge is 0.327 e. The number of hydrogen-bond donors (Lipinski definition) is 1. The Morgan fingerprint density at radius 3 is 1.97 bits per heavy atom. The van der Waals surface area contributed by atoms with Crippen LogP contribution in [0.3, 0.4) is 0 Å². The van der Waals surface area contributed by atoms with Crippen molar-refractivity contribution in [3.05, 3.63) is 12.2 Å². The van der Waals surface area contributed by atoms with E-state index < -0.39 is 28.9 Å². The van der Waals surface area contributed by atoms with Crippen molar-refractivity contribution in [2.45, 2.75) is 142 Å². The fourth-order valence-corrected chi connectivity index (χ4v) is 5.92. The minimum absolute atomic E-state index is 0.0330. The van der Waals surface area contributed by atoms with Gasteiger partial charge in [-0.05, 0) is 63.0 Å². The van der Waals surface area contributed by atoms with Crippen LogP contribution in [0.15, 0.2) is 12.2 Å². The molecule has 0 spiro atoms. The Morgan fingerprint density at radius 1 is 1.03 bits per heavy atom. The second-order valence-electron chi connectivity index (χ2n) is 12.5. The van der Waals surface area contributed by atoms with Crippen LogP contribution < -0.4 is 0 Å². The van der Waals surface area contributed by atoms with Crippen molar-refractivity contribution in [3.8, 4) is 0 Å². The monoisotopic (exact) mass is 502 g/mol. The SMILES string of the molecule is CC(CC/C=C\C(=O)O)O[C@@H]1O[C@@H](C)[C@H](O[Si](C)(C)C(C)(C)C)C[C@H]1O[Si](C)(C)C(C)(C)C. The minimum atomic E-state index is -2.06. The zero-order valence-corrected chi connectivity index (χ0v) is 25.2. The van der Waals surface area contributed by atoms with Crippen LogP contribution in [-0.4, -0.2) is 58.4 Å². The first-order valence-corrected chi connectivity index (χ1v) is 18.1. The molecule has 1 aliphatic rings. The highest BCUT2D eigenvalue weighted by Crippen LogP contribution is 2.42. The van der Waals surface area contributed by atoms with Crippen molar-refractivity contribution < 1.29 is 28.2 Å². The molecule has 1 heterocycles. The third-order valence-corrected chi connectivity index (χ3v) is 16.5. The topological polar surface area (TPSA) is 74.2 Å². The fourth-order valence-electron chi connectivity index (χ4n) is 3.21. The van der Waals surface area contributed by atoms with Crippen molar-refractivity contribution in [1.29, 1.82) is 0 Å². The highest BCUT2D eigenvalue weighted by Gasteiger charge is 2.48. The lowest BCUT2D eigenvalue weighted by Crippen LogP contribution is -2.57. The van der Waals surface area contributed by atoms with Gasteiger partial charge >= 0.3 is 5.97 Å². The molecule has 1 unspecified atom stereocenters. The molecule has 33 heavy (non-hydrogen) atoms. The summed E-state index contributed by atoms with van der Waals surface area (Å²) in [7, 11) is -4.02. The first-order chi connectivity index (χ1) is 14.8. The summed E-state index contributed by atoms with van der Waals surface area (Å²) < 4.78 is 26.3. The molecule has 0 aromatic heterocycles. The highest BCUT2D eigenvalue weighted by atomic mass is 28.4. The molecule has 6 nitrogen and oxygen atoms in total. The summed E-state index contributed by atoms with van der Waals surface area (Å²) >= 11 is 0. The van der Waals surface area contributed by atoms with Crippen LogP contribution in [0.4, 0.5) is 0 Å². The van der Waals surface area contributed by atoms with Gasteiger partial charge in [0.1, 0.15) is 0 Å². The third-order valence-electron chi connectivity index (χ3n) is 7.51. The molecule has 0 aromatic carbocycles. The normalized spacial score (nSPS) is 26.5. The van der Waals surface area contributed by atoms with Gasteiger partial charge in [-0.1, -0.05) is 47.6 Å². The van der Waals surface area contributed by atoms with Crippen LogP contribution in [0.25, 0.3) is 0 Å². The standard InChI is InChI=1S/C25H50O6Si2/c1-18(15-13-14-16-22(26)27)28-23-21(31-33(11,12)25(6,7)8)17-20(19(2)29-23)30-32(9,10)24(3,4)5/h14,16,18-21,23H,13,15,17H2,1-12H3,(H,26,27)/b16-14-/t18?,19-,20+,21+,23+/m0/s1. The Morgan fingerprint density at radius 2 is 1.52 bits per heavy atom. The van der Waals surface area contributed by atoms with Crippen molar-refractivity contribution in [2.75, 3.05) is 0 Å². The van der Waals surface area contributed by atoms with E-state index in [9.17, 15) is 4.79 Å². The number of carbonyl (C=O) groups is 1. The van der Waals surface area contributed by atoms with Crippen molar-refractivity contribution in [3.63, 3.8) is 0 Å². The molecular formula is C25H50O6Si2. The summed E-state index contributed by atoms with van der Waals surface area (Å²) in [6.45, 7) is 26.6. The van der Waals surface area contributed by atoms with Gasteiger partial charge in [0.25, 0.3) is 0 Å². The Kier molecular flexibility index (Phi) is 10.6. The van der Waals surface area contributed by atoms with Crippen LogP contribution in [0.1, 0.15) is 74.7 Å². The van der Waals surface area contributed by atoms with Gasteiger partial charge in [0.2, 0.25) is 0 Å². The van der Waals surface area contributed by atoms with E-state index in [1.54, 1.807) is 6.08 Å². The van der Waals surface area contributed by atoms with E-state index in [2.05, 4.69) is 74.7 Å². The molecule has 0 bridgehead atoms. The number of rotatable bonds is 10. The lowest BCUT2D eigenvalue weighted by Gasteiger charge is -2.48. The summed E-state index contributed by atoms with van der Waals surface area (Å²) in [6, 6.07) is 0. The first kappa shape index (κ1) is 30.5. The molecule has 5 atom stereocenters. The van der Waals surface area contributed by atoms with Gasteiger partial charge < -0.3 is 23.4 Å². The fraction of sp³-hybridized carbons (Fsp3) is 0.880. The molecule has 0 aliphatic carbocycles. The van der Waals surface area contributed by atoms with Crippen molar-refractivity contribution >= 4 is 22.6 Å². The molecule has 0 radical (unpaired) electrons. The molecule has 1 rings (SSSR count). The number of allylic oxidation sites excluding steroid dienone is 1. The van der Waals surface area contributed by atoms with E-state index >= 15 is 0 Å². The Hall–Kier alpha value is -0.516. The van der Waals surface area contributed by atoms with Gasteiger partial charge in [0, 0.05) is 12.5 Å². The van der Waals surface area contributed by atoms with Crippen LogP contribution in [0, 0.1) is 0 Å². The lowest BCUT2D eigenvalue weighted by molar-refractivity contribution is -0.268. The average molecular weight is 503 g/mol. The number of hydrogen-bond acceptors (Lipinski definition) is 5. The molecule has 1 aliphatic heterocycles. The van der Waals surface area contributed by atoms with Crippen LogP contribution in [-0.2, 0) is 23.1 Å². The predicted octanol–water partition coefficient (Wildman–Crippen LogP) is 6.73. The van der Waals surface area contributed by atoms with Gasteiger partial charge in [-0.3, -0.25) is 0 Å². The third kappa shape index (κ3) is 9.22. The molecular weight excluding hydrogens is 452 g/mol. The second kappa shape index (κ2) is 11.5. The Bertz CT molecular complexity index is 663. The summed E-state index contributed by atoms with van der Waals surface area (Å²) in [5.74, 6) is -0.927. The minimum Gasteiger partial charge on any atom is -0.478 e. The largest absolute Gasteiger partial charge is 0.478 e. The van der Waals surface area contributed by atoms with Gasteiger partial charge in [0.15, 0.2) is 22.9 Å². The lowest BCUT2D eigenvalue weighted by atomic mass is 10.0. The number of aliphatic carboxylic acids is 1. The molecule has 0 amide bonds. The maximum absolute atomic E-state index is 10.7. The first-order valence-electron chi connectivity index (χ1n) is 12.3. The molecule has 1 saturated heterocycles. The summed E-state index contributed by atoms with van der Waals surface area (Å²) in [5.41, 5.74) is 0. The number of carboxylic acids is 1. The van der Waals surface area contributed by atoms with Gasteiger partial charge in [-0.2, -0.15) is 0 Å². The summed E-state index contributed by atoms with van der Waals surface area (Å²) in [5, 5.41) is 8.97. The molecule has 194 valence electrons. The maximum atomic E-state index is 10.7. The maximum Gasteiger partial charge on any atom is 0.327 e. The van der Waals surface area contributed by atoms with E-state index in [1.807, 2.05) is 6.92 Å². The van der Waals surface area contributed by atoms with E-state index in [0.29, 0.717) is 12.8 Å². The zero-order valence-electron chi connectivity index (χ0n) is 23.2. The molecule has 1 fully saturated rings. The van der Waals surface area contributed by atoms with Crippen molar-refractivity contribution in [2.24, 2.45) is 0 Å². The molecule has 1 N–H and O–H groups in total. The average Bonchev–Trinajstić information content (AvgIpc) is 2.60. The van der Waals surface area contributed by atoms with Gasteiger partial charge in [-0.25, -0.2) is 4.79 Å². The quantitative estimate of drug-likeness (QED) is 0.264. The number of carboxylic acid groups (broad SMARTS) is 1. The second-order valence-corrected chi connectivity index (χ2v) is 22.1. The zero-order chi connectivity index (χ0) is 25.8.